The van der Waals surface area contributed by atoms with Crippen molar-refractivity contribution in [3.63, 3.8) is 0 Å². The van der Waals surface area contributed by atoms with E-state index in [0.29, 0.717) is 12.1 Å². The number of hydroxylamine groups is 1. The standard InChI is InChI=1S/C32H37N5O4/c1-21-9-13-28(35-29(21)37(33-6)20-23-10-14-27-24(19-23)8-7-15-34-27)25-11-12-26(22(2)18-25)30(38)36-41-17-16-40-31(39)32(3,4)5/h7-15,18-19,33H,16-17,20H2,1-6H3,(H,36,38). The number of amides is 1. The van der Waals surface area contributed by atoms with E-state index >= 15 is 0 Å². The van der Waals surface area contributed by atoms with Gasteiger partial charge in [-0.1, -0.05) is 24.3 Å². The Bertz CT molecular complexity index is 1550. The number of hydrogen-bond acceptors (Lipinski definition) is 8. The van der Waals surface area contributed by atoms with Crippen LogP contribution in [0.1, 0.15) is 47.8 Å². The molecule has 4 aromatic rings. The number of pyridine rings is 2. The number of carbonyl (C=O) groups excluding carboxylic acids is 2. The molecule has 0 fully saturated rings. The van der Waals surface area contributed by atoms with Crippen LogP contribution in [0.15, 0.2) is 66.9 Å². The molecule has 0 aliphatic rings. The van der Waals surface area contributed by atoms with Crippen molar-refractivity contribution in [3.8, 4) is 11.3 Å². The van der Waals surface area contributed by atoms with Gasteiger partial charge in [0.05, 0.1) is 23.2 Å². The number of rotatable bonds is 10. The predicted molar refractivity (Wildman–Crippen MR) is 160 cm³/mol. The molecular weight excluding hydrogens is 518 g/mol. The molecule has 0 aliphatic carbocycles. The van der Waals surface area contributed by atoms with Crippen LogP contribution in [-0.4, -0.2) is 42.1 Å². The van der Waals surface area contributed by atoms with Gasteiger partial charge in [-0.25, -0.2) is 15.9 Å². The molecule has 9 heteroatoms. The molecule has 41 heavy (non-hydrogen) atoms. The first-order valence-corrected chi connectivity index (χ1v) is 13.5. The summed E-state index contributed by atoms with van der Waals surface area (Å²) in [7, 11) is 1.88. The lowest BCUT2D eigenvalue weighted by molar-refractivity contribution is -0.155. The van der Waals surface area contributed by atoms with Gasteiger partial charge in [0.15, 0.2) is 0 Å². The number of ether oxygens (including phenoxy) is 1. The quantitative estimate of drug-likeness (QED) is 0.154. The summed E-state index contributed by atoms with van der Waals surface area (Å²) in [6.45, 7) is 9.95. The number of benzene rings is 2. The first-order chi connectivity index (χ1) is 19.6. The summed E-state index contributed by atoms with van der Waals surface area (Å²) in [5.41, 5.74) is 11.2. The maximum atomic E-state index is 12.7. The molecule has 214 valence electrons. The maximum absolute atomic E-state index is 12.7. The Hall–Kier alpha value is -4.34. The molecule has 0 bridgehead atoms. The summed E-state index contributed by atoms with van der Waals surface area (Å²) in [4.78, 5) is 39.1. The highest BCUT2D eigenvalue weighted by molar-refractivity contribution is 5.95. The number of fused-ring (bicyclic) bond motifs is 1. The fourth-order valence-corrected chi connectivity index (χ4v) is 4.26. The molecule has 0 saturated carbocycles. The molecule has 2 heterocycles. The molecule has 0 spiro atoms. The number of carbonyl (C=O) groups is 2. The molecule has 1 amide bonds. The van der Waals surface area contributed by atoms with Gasteiger partial charge in [-0.15, -0.1) is 0 Å². The molecule has 0 saturated heterocycles. The number of aryl methyl sites for hydroxylation is 2. The van der Waals surface area contributed by atoms with Crippen molar-refractivity contribution in [3.05, 3.63) is 89.1 Å². The number of esters is 1. The van der Waals surface area contributed by atoms with E-state index in [2.05, 4.69) is 34.1 Å². The third kappa shape index (κ3) is 7.45. The summed E-state index contributed by atoms with van der Waals surface area (Å²) in [6.07, 6.45) is 1.80. The fraction of sp³-hybridized carbons (Fsp3) is 0.312. The van der Waals surface area contributed by atoms with Gasteiger partial charge in [0.2, 0.25) is 0 Å². The zero-order valence-electron chi connectivity index (χ0n) is 24.4. The number of hydrazine groups is 1. The van der Waals surface area contributed by atoms with Crippen LogP contribution in [0.5, 0.6) is 0 Å². The Morgan fingerprint density at radius 2 is 1.76 bits per heavy atom. The van der Waals surface area contributed by atoms with Crippen LogP contribution in [0.2, 0.25) is 0 Å². The van der Waals surface area contributed by atoms with Gasteiger partial charge in [0.1, 0.15) is 19.0 Å². The van der Waals surface area contributed by atoms with Crippen LogP contribution in [-0.2, 0) is 20.9 Å². The molecule has 0 unspecified atom stereocenters. The van der Waals surface area contributed by atoms with E-state index in [1.807, 2.05) is 62.3 Å². The van der Waals surface area contributed by atoms with Crippen molar-refractivity contribution in [1.29, 1.82) is 0 Å². The van der Waals surface area contributed by atoms with Crippen LogP contribution < -0.4 is 15.9 Å². The van der Waals surface area contributed by atoms with Crippen LogP contribution >= 0.6 is 0 Å². The summed E-state index contributed by atoms with van der Waals surface area (Å²) >= 11 is 0. The zero-order chi connectivity index (χ0) is 29.6. The highest BCUT2D eigenvalue weighted by Gasteiger charge is 2.22. The lowest BCUT2D eigenvalue weighted by atomic mass is 9.97. The molecule has 2 aromatic heterocycles. The van der Waals surface area contributed by atoms with E-state index in [4.69, 9.17) is 14.6 Å². The molecule has 0 atom stereocenters. The highest BCUT2D eigenvalue weighted by atomic mass is 16.7. The van der Waals surface area contributed by atoms with Gasteiger partial charge >= 0.3 is 5.97 Å². The van der Waals surface area contributed by atoms with Gasteiger partial charge in [0.25, 0.3) is 5.91 Å². The Morgan fingerprint density at radius 3 is 2.49 bits per heavy atom. The Labute approximate surface area is 240 Å². The zero-order valence-corrected chi connectivity index (χ0v) is 24.4. The summed E-state index contributed by atoms with van der Waals surface area (Å²) in [5.74, 6) is 0.118. The van der Waals surface area contributed by atoms with Crippen molar-refractivity contribution in [2.45, 2.75) is 41.2 Å². The number of nitrogens with zero attached hydrogens (tertiary/aromatic N) is 3. The third-order valence-electron chi connectivity index (χ3n) is 6.57. The van der Waals surface area contributed by atoms with Crippen LogP contribution in [0.4, 0.5) is 5.82 Å². The number of aromatic nitrogens is 2. The lowest BCUT2D eigenvalue weighted by Gasteiger charge is -2.25. The van der Waals surface area contributed by atoms with Gasteiger partial charge in [-0.3, -0.25) is 24.4 Å². The van der Waals surface area contributed by atoms with Gasteiger partial charge in [0, 0.05) is 29.8 Å². The van der Waals surface area contributed by atoms with E-state index in [1.54, 1.807) is 33.0 Å². The fourth-order valence-electron chi connectivity index (χ4n) is 4.26. The largest absolute Gasteiger partial charge is 0.463 e. The average molecular weight is 556 g/mol. The van der Waals surface area contributed by atoms with Crippen molar-refractivity contribution in [2.24, 2.45) is 5.41 Å². The highest BCUT2D eigenvalue weighted by Crippen LogP contribution is 2.26. The molecule has 2 N–H and O–H groups in total. The van der Waals surface area contributed by atoms with E-state index in [-0.39, 0.29) is 25.1 Å². The van der Waals surface area contributed by atoms with Crippen molar-refractivity contribution < 1.29 is 19.2 Å². The second-order valence-corrected chi connectivity index (χ2v) is 10.9. The van der Waals surface area contributed by atoms with E-state index in [0.717, 1.165) is 44.7 Å². The maximum Gasteiger partial charge on any atom is 0.311 e. The van der Waals surface area contributed by atoms with E-state index < -0.39 is 5.41 Å². The molecule has 4 rings (SSSR count). The second kappa shape index (κ2) is 12.9. The predicted octanol–water partition coefficient (Wildman–Crippen LogP) is 5.31. The van der Waals surface area contributed by atoms with Gasteiger partial charge in [-0.2, -0.15) is 0 Å². The summed E-state index contributed by atoms with van der Waals surface area (Å²) < 4.78 is 5.14. The van der Waals surface area contributed by atoms with E-state index in [1.165, 1.54) is 0 Å². The summed E-state index contributed by atoms with van der Waals surface area (Å²) in [6, 6.07) is 19.8. The smallest absolute Gasteiger partial charge is 0.311 e. The van der Waals surface area contributed by atoms with Crippen LogP contribution in [0.25, 0.3) is 22.2 Å². The van der Waals surface area contributed by atoms with Crippen LogP contribution in [0, 0.1) is 19.3 Å². The third-order valence-corrected chi connectivity index (χ3v) is 6.57. The SMILES string of the molecule is CNN(Cc1ccc2ncccc2c1)c1nc(-c2ccc(C(=O)NOCCOC(=O)C(C)(C)C)c(C)c2)ccc1C. The van der Waals surface area contributed by atoms with E-state index in [9.17, 15) is 9.59 Å². The minimum absolute atomic E-state index is 0.0530. The Morgan fingerprint density at radius 1 is 0.951 bits per heavy atom. The molecule has 9 nitrogen and oxygen atoms in total. The van der Waals surface area contributed by atoms with Gasteiger partial charge in [-0.05, 0) is 87.7 Å². The number of anilines is 1. The monoisotopic (exact) mass is 555 g/mol. The number of nitrogens with one attached hydrogen (secondary N) is 2. The van der Waals surface area contributed by atoms with Gasteiger partial charge < -0.3 is 4.74 Å². The molecule has 0 radical (unpaired) electrons. The molecular formula is C32H37N5O4. The average Bonchev–Trinajstić information content (AvgIpc) is 2.95. The topological polar surface area (TPSA) is 106 Å². The second-order valence-electron chi connectivity index (χ2n) is 10.9. The van der Waals surface area contributed by atoms with Crippen LogP contribution in [0.3, 0.4) is 0 Å². The molecule has 0 aliphatic heterocycles. The Kier molecular flexibility index (Phi) is 9.31. The first kappa shape index (κ1) is 29.6. The van der Waals surface area contributed by atoms with Crippen molar-refractivity contribution in [1.82, 2.24) is 20.9 Å². The Balaban J connectivity index is 1.43. The summed E-state index contributed by atoms with van der Waals surface area (Å²) in [5, 5.41) is 3.11. The normalized spacial score (nSPS) is 11.4. The molecule has 2 aromatic carbocycles. The van der Waals surface area contributed by atoms with Crippen molar-refractivity contribution >= 4 is 28.6 Å². The minimum Gasteiger partial charge on any atom is -0.463 e. The lowest BCUT2D eigenvalue weighted by Crippen LogP contribution is -2.35. The number of hydrogen-bond donors (Lipinski definition) is 2. The van der Waals surface area contributed by atoms with Crippen molar-refractivity contribution in [2.75, 3.05) is 25.3 Å². The minimum atomic E-state index is -0.588. The first-order valence-electron chi connectivity index (χ1n) is 13.5.